The van der Waals surface area contributed by atoms with Crippen LogP contribution in [-0.4, -0.2) is 46.6 Å². The maximum absolute atomic E-state index is 12.3. The van der Waals surface area contributed by atoms with Gasteiger partial charge in [0.15, 0.2) is 5.17 Å². The lowest BCUT2D eigenvalue weighted by atomic mass is 10.0. The minimum absolute atomic E-state index is 0.231. The lowest BCUT2D eigenvalue weighted by Gasteiger charge is -2.30. The Bertz CT molecular complexity index is 1380. The van der Waals surface area contributed by atoms with E-state index < -0.39 is 6.36 Å². The molecule has 1 fully saturated rings. The van der Waals surface area contributed by atoms with E-state index in [1.54, 1.807) is 30.1 Å². The molecular formula is C28H28ClF3N6OS. The summed E-state index contributed by atoms with van der Waals surface area (Å²) < 4.78 is 40.6. The number of nitrogens with zero attached hydrogens (tertiary/aromatic N) is 5. The molecule has 1 aliphatic carbocycles. The number of allylic oxidation sites excluding steroid dienone is 3. The molecule has 1 unspecified atom stereocenters. The van der Waals surface area contributed by atoms with E-state index in [9.17, 15) is 13.2 Å². The lowest BCUT2D eigenvalue weighted by molar-refractivity contribution is -0.274. The molecule has 12 heteroatoms. The number of thioether (sulfide) groups is 1. The van der Waals surface area contributed by atoms with Crippen LogP contribution in [0, 0.1) is 0 Å². The van der Waals surface area contributed by atoms with Gasteiger partial charge in [-0.2, -0.15) is 5.10 Å². The van der Waals surface area contributed by atoms with Crippen molar-refractivity contribution in [3.63, 3.8) is 0 Å². The van der Waals surface area contributed by atoms with Gasteiger partial charge in [0, 0.05) is 22.4 Å². The maximum Gasteiger partial charge on any atom is 0.573 e. The summed E-state index contributed by atoms with van der Waals surface area (Å²) in [4.78, 5) is 10.4. The fourth-order valence-corrected chi connectivity index (χ4v) is 5.70. The second kappa shape index (κ2) is 13.2. The Kier molecular flexibility index (Phi) is 9.70. The van der Waals surface area contributed by atoms with Gasteiger partial charge in [-0.25, -0.2) is 9.98 Å². The predicted octanol–water partition coefficient (Wildman–Crippen LogP) is 7.36. The van der Waals surface area contributed by atoms with Crippen molar-refractivity contribution in [2.24, 2.45) is 25.9 Å². The van der Waals surface area contributed by atoms with Crippen molar-refractivity contribution in [3.8, 4) is 5.75 Å². The van der Waals surface area contributed by atoms with Gasteiger partial charge < -0.3 is 15.4 Å². The molecule has 0 amide bonds. The first-order chi connectivity index (χ1) is 19.1. The van der Waals surface area contributed by atoms with Crippen molar-refractivity contribution in [2.75, 3.05) is 5.75 Å². The minimum Gasteiger partial charge on any atom is -0.406 e. The van der Waals surface area contributed by atoms with Gasteiger partial charge in [-0.1, -0.05) is 60.6 Å². The topological polar surface area (TPSA) is 87.9 Å². The van der Waals surface area contributed by atoms with Gasteiger partial charge in [0.1, 0.15) is 17.9 Å². The highest BCUT2D eigenvalue weighted by Gasteiger charge is 2.34. The Morgan fingerprint density at radius 2 is 1.90 bits per heavy atom. The Morgan fingerprint density at radius 1 is 1.18 bits per heavy atom. The van der Waals surface area contributed by atoms with Gasteiger partial charge in [-0.15, -0.1) is 18.3 Å². The van der Waals surface area contributed by atoms with Crippen molar-refractivity contribution in [1.82, 2.24) is 4.90 Å². The molecule has 0 aromatic heterocycles. The average molecular weight is 589 g/mol. The lowest BCUT2D eigenvalue weighted by Crippen LogP contribution is -2.34. The van der Waals surface area contributed by atoms with Crippen LogP contribution in [0.1, 0.15) is 44.2 Å². The first-order valence-corrected chi connectivity index (χ1v) is 13.9. The monoisotopic (exact) mass is 588 g/mol. The molecule has 7 nitrogen and oxygen atoms in total. The predicted molar refractivity (Wildman–Crippen MR) is 158 cm³/mol. The van der Waals surface area contributed by atoms with E-state index in [-0.39, 0.29) is 11.6 Å². The highest BCUT2D eigenvalue weighted by atomic mass is 35.5. The van der Waals surface area contributed by atoms with E-state index >= 15 is 0 Å². The summed E-state index contributed by atoms with van der Waals surface area (Å²) in [5.41, 5.74) is 10.2. The first-order valence-electron chi connectivity index (χ1n) is 12.6. The van der Waals surface area contributed by atoms with Crippen molar-refractivity contribution >= 4 is 52.6 Å². The smallest absolute Gasteiger partial charge is 0.406 e. The number of benzene rings is 2. The highest BCUT2D eigenvalue weighted by Crippen LogP contribution is 2.38. The molecule has 0 radical (unpaired) electrons. The fraction of sp³-hybridized carbons (Fsp3) is 0.286. The molecule has 2 aliphatic rings. The van der Waals surface area contributed by atoms with Crippen LogP contribution in [0.5, 0.6) is 5.75 Å². The van der Waals surface area contributed by atoms with Gasteiger partial charge in [0.2, 0.25) is 0 Å². The summed E-state index contributed by atoms with van der Waals surface area (Å²) in [6.45, 7) is 4.25. The number of amidine groups is 2. The van der Waals surface area contributed by atoms with Crippen molar-refractivity contribution < 1.29 is 17.9 Å². The zero-order chi connectivity index (χ0) is 28.7. The van der Waals surface area contributed by atoms with Crippen molar-refractivity contribution in [1.29, 1.82) is 0 Å². The second-order valence-electron chi connectivity index (χ2n) is 8.97. The standard InChI is InChI=1S/C28H28ClF3N6OS/c1-3-22-16-40-27(38(22)25-18(2)5-4-6-24(25)29)37-36-15-19-7-9-20(10-8-19)26(33)35-17-34-21-11-13-23(14-12-21)39-28(30,31)32/h5,7-15,17,22H,3-4,6,16H2,1-2H3,(H2,33,34,35)/b36-15+,37-27-. The Balaban J connectivity index is 1.39. The molecule has 2 aromatic rings. The van der Waals surface area contributed by atoms with Crippen LogP contribution < -0.4 is 10.5 Å². The summed E-state index contributed by atoms with van der Waals surface area (Å²) in [5, 5.41) is 10.6. The molecule has 210 valence electrons. The largest absolute Gasteiger partial charge is 0.573 e. The Labute approximate surface area is 240 Å². The third kappa shape index (κ3) is 7.76. The molecule has 0 spiro atoms. The summed E-state index contributed by atoms with van der Waals surface area (Å²) >= 11 is 8.31. The van der Waals surface area contributed by atoms with E-state index in [1.165, 1.54) is 36.2 Å². The molecule has 1 saturated heterocycles. The molecule has 40 heavy (non-hydrogen) atoms. The second-order valence-corrected chi connectivity index (χ2v) is 10.4. The summed E-state index contributed by atoms with van der Waals surface area (Å²) in [7, 11) is 0. The van der Waals surface area contributed by atoms with Crippen LogP contribution in [-0.2, 0) is 0 Å². The maximum atomic E-state index is 12.3. The van der Waals surface area contributed by atoms with E-state index in [0.29, 0.717) is 17.3 Å². The number of aliphatic imine (C=N–C) groups is 2. The normalized spacial score (nSPS) is 19.8. The van der Waals surface area contributed by atoms with Crippen molar-refractivity contribution in [2.45, 2.75) is 45.5 Å². The fourth-order valence-electron chi connectivity index (χ4n) is 4.14. The summed E-state index contributed by atoms with van der Waals surface area (Å²) in [6, 6.07) is 12.7. The van der Waals surface area contributed by atoms with Gasteiger partial charge in [-0.05, 0) is 61.6 Å². The van der Waals surface area contributed by atoms with Gasteiger partial charge >= 0.3 is 6.36 Å². The first kappa shape index (κ1) is 29.4. The number of hydrogen-bond donors (Lipinski definition) is 1. The van der Waals surface area contributed by atoms with Crippen LogP contribution in [0.3, 0.4) is 0 Å². The number of alkyl halides is 3. The number of ether oxygens (including phenoxy) is 1. The van der Waals surface area contributed by atoms with Crippen LogP contribution in [0.25, 0.3) is 0 Å². The zero-order valence-corrected chi connectivity index (χ0v) is 23.5. The Morgan fingerprint density at radius 3 is 2.55 bits per heavy atom. The van der Waals surface area contributed by atoms with Crippen LogP contribution in [0.2, 0.25) is 0 Å². The van der Waals surface area contributed by atoms with Crippen LogP contribution >= 0.6 is 23.4 Å². The van der Waals surface area contributed by atoms with E-state index in [2.05, 4.69) is 49.7 Å². The zero-order valence-electron chi connectivity index (χ0n) is 21.9. The third-order valence-electron chi connectivity index (χ3n) is 6.16. The average Bonchev–Trinajstić information content (AvgIpc) is 3.31. The molecule has 0 saturated carbocycles. The number of rotatable bonds is 8. The third-order valence-corrected chi connectivity index (χ3v) is 7.62. The summed E-state index contributed by atoms with van der Waals surface area (Å²) in [6.07, 6.45) is 3.15. The van der Waals surface area contributed by atoms with E-state index in [0.717, 1.165) is 46.5 Å². The number of halogens is 4. The highest BCUT2D eigenvalue weighted by molar-refractivity contribution is 8.14. The van der Waals surface area contributed by atoms with Crippen LogP contribution in [0.15, 0.2) is 91.1 Å². The molecule has 1 atom stereocenters. The van der Waals surface area contributed by atoms with Gasteiger partial charge in [-0.3, -0.25) is 0 Å². The molecule has 1 heterocycles. The number of nitrogens with two attached hydrogens (primary N) is 1. The van der Waals surface area contributed by atoms with Gasteiger partial charge in [0.05, 0.1) is 17.6 Å². The summed E-state index contributed by atoms with van der Waals surface area (Å²) in [5.74, 6) is 0.835. The minimum atomic E-state index is -4.74. The van der Waals surface area contributed by atoms with E-state index in [4.69, 9.17) is 17.3 Å². The molecular weight excluding hydrogens is 561 g/mol. The van der Waals surface area contributed by atoms with Crippen LogP contribution in [0.4, 0.5) is 18.9 Å². The Hall–Kier alpha value is -3.57. The van der Waals surface area contributed by atoms with E-state index in [1.807, 2.05) is 12.1 Å². The molecule has 2 N–H and O–H groups in total. The molecule has 1 aliphatic heterocycles. The molecule has 4 rings (SSSR count). The SMILES string of the molecule is CCC1CS/C(=N\N=C\c2ccc(C(N)=NC=Nc3ccc(OC(F)(F)F)cc3)cc2)N1C1=C(Cl)CCC=C1C. The van der Waals surface area contributed by atoms with Crippen molar-refractivity contribution in [3.05, 3.63) is 82.0 Å². The van der Waals surface area contributed by atoms with Gasteiger partial charge in [0.25, 0.3) is 0 Å². The quantitative estimate of drug-likeness (QED) is 0.198. The molecule has 2 aromatic carbocycles. The molecule has 0 bridgehead atoms. The number of hydrogen-bond acceptors (Lipinski definition) is 5.